The Morgan fingerprint density at radius 1 is 1.39 bits per heavy atom. The zero-order chi connectivity index (χ0) is 13.5. The fourth-order valence-corrected chi connectivity index (χ4v) is 2.62. The molecule has 0 saturated carbocycles. The molecule has 3 heteroatoms. The Kier molecular flexibility index (Phi) is 3.30. The Morgan fingerprint density at radius 3 is 2.61 bits per heavy atom. The van der Waals surface area contributed by atoms with E-state index in [4.69, 9.17) is 0 Å². The summed E-state index contributed by atoms with van der Waals surface area (Å²) in [6.45, 7) is 5.55. The largest absolute Gasteiger partial charge is 0.392 e. The normalized spacial score (nSPS) is 22.3. The topological polar surface area (TPSA) is 57.5 Å². The van der Waals surface area contributed by atoms with E-state index >= 15 is 0 Å². The minimum atomic E-state index is -0.894. The highest BCUT2D eigenvalue weighted by molar-refractivity contribution is 5.43. The maximum absolute atomic E-state index is 12.1. The van der Waals surface area contributed by atoms with Gasteiger partial charge in [-0.1, -0.05) is 19.9 Å². The predicted molar refractivity (Wildman–Crippen MR) is 70.6 cm³/mol. The van der Waals surface area contributed by atoms with E-state index < -0.39 is 5.60 Å². The van der Waals surface area contributed by atoms with Gasteiger partial charge in [-0.25, -0.2) is 0 Å². The van der Waals surface area contributed by atoms with Crippen molar-refractivity contribution in [3.63, 3.8) is 0 Å². The van der Waals surface area contributed by atoms with Gasteiger partial charge in [-0.05, 0) is 48.4 Å². The van der Waals surface area contributed by atoms with Crippen LogP contribution in [-0.4, -0.2) is 10.2 Å². The molecule has 18 heavy (non-hydrogen) atoms. The van der Waals surface area contributed by atoms with Crippen molar-refractivity contribution in [2.75, 3.05) is 0 Å². The SMILES string of the molecule is CC(C)c1cc2c(c(CO)c(=O)c1)CC[C@@]2(C)O. The molecule has 98 valence electrons. The van der Waals surface area contributed by atoms with Crippen molar-refractivity contribution in [1.82, 2.24) is 0 Å². The van der Waals surface area contributed by atoms with Gasteiger partial charge in [-0.2, -0.15) is 0 Å². The molecular formula is C15H20O3. The number of aliphatic hydroxyl groups excluding tert-OH is 1. The Labute approximate surface area is 107 Å². The Bertz CT molecular complexity index is 530. The summed E-state index contributed by atoms with van der Waals surface area (Å²) in [5.41, 5.74) is 1.97. The Balaban J connectivity index is 2.82. The fourth-order valence-electron chi connectivity index (χ4n) is 2.62. The Morgan fingerprint density at radius 2 is 2.06 bits per heavy atom. The van der Waals surface area contributed by atoms with E-state index in [0.29, 0.717) is 18.4 Å². The van der Waals surface area contributed by atoms with Gasteiger partial charge in [0, 0.05) is 5.56 Å². The van der Waals surface area contributed by atoms with E-state index in [-0.39, 0.29) is 18.0 Å². The molecule has 1 atom stereocenters. The molecule has 0 unspecified atom stereocenters. The summed E-state index contributed by atoms with van der Waals surface area (Å²) in [5.74, 6) is 0.220. The monoisotopic (exact) mass is 248 g/mol. The molecule has 0 radical (unpaired) electrons. The Hall–Kier alpha value is -1.19. The van der Waals surface area contributed by atoms with Crippen molar-refractivity contribution in [3.8, 4) is 0 Å². The summed E-state index contributed by atoms with van der Waals surface area (Å²) in [4.78, 5) is 12.1. The minimum Gasteiger partial charge on any atom is -0.392 e. The summed E-state index contributed by atoms with van der Waals surface area (Å²) >= 11 is 0. The molecule has 0 saturated heterocycles. The third-order valence-corrected chi connectivity index (χ3v) is 3.86. The van der Waals surface area contributed by atoms with Gasteiger partial charge in [-0.15, -0.1) is 0 Å². The molecule has 1 aliphatic carbocycles. The van der Waals surface area contributed by atoms with Crippen LogP contribution in [0.4, 0.5) is 0 Å². The van der Waals surface area contributed by atoms with Crippen molar-refractivity contribution in [2.24, 2.45) is 0 Å². The second kappa shape index (κ2) is 4.48. The average Bonchev–Trinajstić information content (AvgIpc) is 2.48. The van der Waals surface area contributed by atoms with Gasteiger partial charge in [0.25, 0.3) is 0 Å². The molecule has 2 rings (SSSR count). The van der Waals surface area contributed by atoms with Crippen molar-refractivity contribution < 1.29 is 10.2 Å². The van der Waals surface area contributed by atoms with Crippen molar-refractivity contribution in [3.05, 3.63) is 44.6 Å². The standard InChI is InChI=1S/C15H20O3/c1-9(2)10-6-13-11(4-5-15(13,3)18)12(8-16)14(17)7-10/h6-7,9,16,18H,4-5,8H2,1-3H3/t15-/m1/s1. The first-order valence-electron chi connectivity index (χ1n) is 6.40. The van der Waals surface area contributed by atoms with E-state index in [1.165, 1.54) is 0 Å². The molecule has 0 spiro atoms. The van der Waals surface area contributed by atoms with E-state index in [9.17, 15) is 15.0 Å². The molecule has 0 aliphatic heterocycles. The molecule has 0 amide bonds. The second-order valence-electron chi connectivity index (χ2n) is 5.61. The lowest BCUT2D eigenvalue weighted by Gasteiger charge is -2.17. The van der Waals surface area contributed by atoms with Crippen LogP contribution in [0.3, 0.4) is 0 Å². The van der Waals surface area contributed by atoms with Crippen LogP contribution in [0.1, 0.15) is 55.4 Å². The fraction of sp³-hybridized carbons (Fsp3) is 0.533. The van der Waals surface area contributed by atoms with Gasteiger partial charge in [-0.3, -0.25) is 4.79 Å². The van der Waals surface area contributed by atoms with E-state index in [1.807, 2.05) is 19.9 Å². The number of hydrogen-bond acceptors (Lipinski definition) is 3. The molecule has 1 aliphatic rings. The second-order valence-corrected chi connectivity index (χ2v) is 5.61. The van der Waals surface area contributed by atoms with Crippen molar-refractivity contribution >= 4 is 0 Å². The van der Waals surface area contributed by atoms with Gasteiger partial charge in [0.1, 0.15) is 0 Å². The summed E-state index contributed by atoms with van der Waals surface area (Å²) in [6.07, 6.45) is 1.26. The van der Waals surface area contributed by atoms with E-state index in [2.05, 4.69) is 0 Å². The molecule has 1 aromatic rings. The van der Waals surface area contributed by atoms with Crippen LogP contribution >= 0.6 is 0 Å². The molecule has 1 aromatic carbocycles. The smallest absolute Gasteiger partial charge is 0.184 e. The lowest BCUT2D eigenvalue weighted by atomic mass is 9.96. The molecule has 0 aromatic heterocycles. The van der Waals surface area contributed by atoms with Gasteiger partial charge in [0.2, 0.25) is 0 Å². The minimum absolute atomic E-state index is 0.125. The summed E-state index contributed by atoms with van der Waals surface area (Å²) in [6, 6.07) is 3.51. The van der Waals surface area contributed by atoms with Crippen LogP contribution in [0, 0.1) is 0 Å². The molecule has 0 heterocycles. The van der Waals surface area contributed by atoms with Gasteiger partial charge in [0.15, 0.2) is 5.43 Å². The first-order valence-corrected chi connectivity index (χ1v) is 6.40. The van der Waals surface area contributed by atoms with Gasteiger partial charge in [0.05, 0.1) is 12.2 Å². The third kappa shape index (κ3) is 2.08. The number of rotatable bonds is 2. The van der Waals surface area contributed by atoms with E-state index in [1.54, 1.807) is 13.0 Å². The van der Waals surface area contributed by atoms with Crippen LogP contribution in [-0.2, 0) is 18.6 Å². The lowest BCUT2D eigenvalue weighted by molar-refractivity contribution is 0.0594. The maximum Gasteiger partial charge on any atom is 0.184 e. The van der Waals surface area contributed by atoms with Crippen LogP contribution in [0.15, 0.2) is 16.9 Å². The van der Waals surface area contributed by atoms with Crippen molar-refractivity contribution in [1.29, 1.82) is 0 Å². The zero-order valence-corrected chi connectivity index (χ0v) is 11.2. The molecule has 2 N–H and O–H groups in total. The average molecular weight is 248 g/mol. The molecule has 0 bridgehead atoms. The van der Waals surface area contributed by atoms with Gasteiger partial charge < -0.3 is 10.2 Å². The number of fused-ring (bicyclic) bond motifs is 1. The molecular weight excluding hydrogens is 228 g/mol. The summed E-state index contributed by atoms with van der Waals surface area (Å²) in [5, 5.41) is 19.8. The quantitative estimate of drug-likeness (QED) is 0.839. The highest BCUT2D eigenvalue weighted by Crippen LogP contribution is 2.37. The number of hydrogen-bond donors (Lipinski definition) is 2. The highest BCUT2D eigenvalue weighted by Gasteiger charge is 2.33. The molecule has 3 nitrogen and oxygen atoms in total. The van der Waals surface area contributed by atoms with Crippen molar-refractivity contribution in [2.45, 2.75) is 51.7 Å². The van der Waals surface area contributed by atoms with Crippen LogP contribution in [0.5, 0.6) is 0 Å². The lowest BCUT2D eigenvalue weighted by Crippen LogP contribution is -2.16. The number of aliphatic hydroxyl groups is 2. The van der Waals surface area contributed by atoms with E-state index in [0.717, 1.165) is 16.7 Å². The van der Waals surface area contributed by atoms with Crippen LogP contribution in [0.25, 0.3) is 0 Å². The highest BCUT2D eigenvalue weighted by atomic mass is 16.3. The van der Waals surface area contributed by atoms with Crippen LogP contribution in [0.2, 0.25) is 0 Å². The first-order chi connectivity index (χ1) is 8.36. The zero-order valence-electron chi connectivity index (χ0n) is 11.2. The van der Waals surface area contributed by atoms with Gasteiger partial charge >= 0.3 is 0 Å². The van der Waals surface area contributed by atoms with Crippen LogP contribution < -0.4 is 5.43 Å². The first kappa shape index (κ1) is 13.2. The predicted octanol–water partition coefficient (Wildman–Crippen LogP) is 1.82. The summed E-state index contributed by atoms with van der Waals surface area (Å²) in [7, 11) is 0. The maximum atomic E-state index is 12.1. The summed E-state index contributed by atoms with van der Waals surface area (Å²) < 4.78 is 0. The third-order valence-electron chi connectivity index (χ3n) is 3.86. The molecule has 0 fully saturated rings.